The van der Waals surface area contributed by atoms with Crippen LogP contribution in [-0.2, 0) is 0 Å². The predicted octanol–water partition coefficient (Wildman–Crippen LogP) is 2.57. The lowest BCUT2D eigenvalue weighted by atomic mass is 9.96. The van der Waals surface area contributed by atoms with Gasteiger partial charge in [-0.2, -0.15) is 10.4 Å². The van der Waals surface area contributed by atoms with Gasteiger partial charge in [0.1, 0.15) is 35.8 Å². The maximum absolute atomic E-state index is 9.38. The average Bonchev–Trinajstić information content (AvgIpc) is 3.57. The highest BCUT2D eigenvalue weighted by Crippen LogP contribution is 2.34. The van der Waals surface area contributed by atoms with Crippen molar-refractivity contribution < 1.29 is 0 Å². The van der Waals surface area contributed by atoms with Crippen molar-refractivity contribution in [3.8, 4) is 29.7 Å². The monoisotopic (exact) mass is 409 g/mol. The molecule has 2 atom stereocenters. The molecule has 1 aliphatic heterocycles. The molecule has 0 amide bonds. The van der Waals surface area contributed by atoms with E-state index in [4.69, 9.17) is 6.42 Å². The van der Waals surface area contributed by atoms with Crippen LogP contribution < -0.4 is 4.90 Å². The number of anilines is 1. The Hall–Kier alpha value is -4.24. The zero-order chi connectivity index (χ0) is 21.2. The summed E-state index contributed by atoms with van der Waals surface area (Å²) >= 11 is 0. The van der Waals surface area contributed by atoms with Gasteiger partial charge in [-0.25, -0.2) is 19.9 Å². The first-order valence-corrected chi connectivity index (χ1v) is 9.99. The summed E-state index contributed by atoms with van der Waals surface area (Å²) in [4.78, 5) is 22.2. The Morgan fingerprint density at radius 1 is 1.26 bits per heavy atom. The molecule has 9 heteroatoms. The average molecular weight is 409 g/mol. The Kier molecular flexibility index (Phi) is 4.77. The van der Waals surface area contributed by atoms with Crippen molar-refractivity contribution in [2.24, 2.45) is 5.92 Å². The summed E-state index contributed by atoms with van der Waals surface area (Å²) in [7, 11) is 0. The standard InChI is InChI=1S/C22H19N9/c1-2-3-19(15-5-7-30(11-15)22-16(8-23)9-24-13-28-22)31-12-17(10-29-31)20-18-4-6-25-21(18)27-14-26-20/h1,4,6,9-10,12-15,19H,3,5,7,11H2,(H,25,26,27)/t15-,19-/m0/s1. The molecular weight excluding hydrogens is 390 g/mol. The van der Waals surface area contributed by atoms with Crippen LogP contribution in [0.4, 0.5) is 5.82 Å². The molecule has 1 N–H and O–H groups in total. The van der Waals surface area contributed by atoms with Gasteiger partial charge in [0.2, 0.25) is 0 Å². The van der Waals surface area contributed by atoms with Crippen LogP contribution in [0, 0.1) is 29.6 Å². The molecule has 152 valence electrons. The van der Waals surface area contributed by atoms with Crippen molar-refractivity contribution in [2.75, 3.05) is 18.0 Å². The fraction of sp³-hybridized carbons (Fsp3) is 0.273. The maximum Gasteiger partial charge on any atom is 0.149 e. The number of H-pyrrole nitrogens is 1. The fourth-order valence-electron chi connectivity index (χ4n) is 4.29. The summed E-state index contributed by atoms with van der Waals surface area (Å²) in [5.41, 5.74) is 3.04. The summed E-state index contributed by atoms with van der Waals surface area (Å²) in [5, 5.41) is 15.0. The number of rotatable bonds is 5. The minimum Gasteiger partial charge on any atom is -0.355 e. The lowest BCUT2D eigenvalue weighted by Crippen LogP contribution is -2.26. The van der Waals surface area contributed by atoms with Gasteiger partial charge in [-0.15, -0.1) is 12.3 Å². The summed E-state index contributed by atoms with van der Waals surface area (Å²) in [6.07, 6.45) is 17.5. The Morgan fingerprint density at radius 2 is 2.19 bits per heavy atom. The Bertz CT molecular complexity index is 1310. The van der Waals surface area contributed by atoms with E-state index in [9.17, 15) is 5.26 Å². The van der Waals surface area contributed by atoms with Crippen molar-refractivity contribution in [1.29, 1.82) is 5.26 Å². The largest absolute Gasteiger partial charge is 0.355 e. The molecule has 9 nitrogen and oxygen atoms in total. The lowest BCUT2D eigenvalue weighted by Gasteiger charge is -2.23. The van der Waals surface area contributed by atoms with E-state index in [0.29, 0.717) is 17.8 Å². The summed E-state index contributed by atoms with van der Waals surface area (Å²) in [6.45, 7) is 1.56. The van der Waals surface area contributed by atoms with Crippen molar-refractivity contribution >= 4 is 16.9 Å². The highest BCUT2D eigenvalue weighted by molar-refractivity contribution is 5.89. The van der Waals surface area contributed by atoms with E-state index < -0.39 is 0 Å². The van der Waals surface area contributed by atoms with Crippen LogP contribution in [0.15, 0.2) is 43.5 Å². The molecule has 0 aromatic carbocycles. The highest BCUT2D eigenvalue weighted by Gasteiger charge is 2.32. The van der Waals surface area contributed by atoms with Crippen LogP contribution in [-0.4, -0.2) is 47.8 Å². The molecule has 4 aromatic heterocycles. The normalized spacial score (nSPS) is 16.8. The molecule has 1 saturated heterocycles. The van der Waals surface area contributed by atoms with Crippen LogP contribution >= 0.6 is 0 Å². The molecular formula is C22H19N9. The van der Waals surface area contributed by atoms with Gasteiger partial charge in [0.05, 0.1) is 24.1 Å². The fourth-order valence-corrected chi connectivity index (χ4v) is 4.29. The number of nitrogens with zero attached hydrogens (tertiary/aromatic N) is 8. The van der Waals surface area contributed by atoms with Crippen LogP contribution in [0.25, 0.3) is 22.3 Å². The molecule has 1 fully saturated rings. The molecule has 0 unspecified atom stereocenters. The number of hydrogen-bond donors (Lipinski definition) is 1. The first-order valence-electron chi connectivity index (χ1n) is 9.99. The van der Waals surface area contributed by atoms with E-state index >= 15 is 0 Å². The summed E-state index contributed by atoms with van der Waals surface area (Å²) in [6, 6.07) is 4.18. The Morgan fingerprint density at radius 3 is 3.06 bits per heavy atom. The molecule has 0 spiro atoms. The van der Waals surface area contributed by atoms with Crippen molar-refractivity contribution in [3.63, 3.8) is 0 Å². The molecule has 31 heavy (non-hydrogen) atoms. The number of terminal acetylenes is 1. The number of aromatic amines is 1. The minimum absolute atomic E-state index is 0.0414. The minimum atomic E-state index is 0.0414. The first kappa shape index (κ1) is 18.8. The zero-order valence-corrected chi connectivity index (χ0v) is 16.7. The highest BCUT2D eigenvalue weighted by atomic mass is 15.3. The molecule has 0 saturated carbocycles. The first-order chi connectivity index (χ1) is 15.3. The zero-order valence-electron chi connectivity index (χ0n) is 16.7. The maximum atomic E-state index is 9.38. The van der Waals surface area contributed by atoms with E-state index in [2.05, 4.69) is 46.9 Å². The molecule has 1 aliphatic rings. The van der Waals surface area contributed by atoms with Crippen LogP contribution in [0.3, 0.4) is 0 Å². The van der Waals surface area contributed by atoms with Crippen molar-refractivity contribution in [3.05, 3.63) is 49.1 Å². The Balaban J connectivity index is 1.42. The predicted molar refractivity (Wildman–Crippen MR) is 115 cm³/mol. The number of aromatic nitrogens is 7. The van der Waals surface area contributed by atoms with E-state index in [1.165, 1.54) is 6.33 Å². The van der Waals surface area contributed by atoms with Crippen molar-refractivity contribution in [1.82, 2.24) is 34.7 Å². The van der Waals surface area contributed by atoms with Gasteiger partial charge >= 0.3 is 0 Å². The molecule has 5 heterocycles. The van der Waals surface area contributed by atoms with Gasteiger partial charge in [0.15, 0.2) is 0 Å². The number of hydrogen-bond acceptors (Lipinski definition) is 7. The van der Waals surface area contributed by atoms with E-state index in [-0.39, 0.29) is 12.0 Å². The lowest BCUT2D eigenvalue weighted by molar-refractivity contribution is 0.333. The molecule has 0 aliphatic carbocycles. The van der Waals surface area contributed by atoms with Gasteiger partial charge in [0, 0.05) is 48.8 Å². The second-order valence-corrected chi connectivity index (χ2v) is 7.51. The summed E-state index contributed by atoms with van der Waals surface area (Å²) < 4.78 is 1.95. The molecule has 0 radical (unpaired) electrons. The number of nitriles is 1. The van der Waals surface area contributed by atoms with Crippen LogP contribution in [0.2, 0.25) is 0 Å². The quantitative estimate of drug-likeness (QED) is 0.504. The second-order valence-electron chi connectivity index (χ2n) is 7.51. The third-order valence-electron chi connectivity index (χ3n) is 5.78. The van der Waals surface area contributed by atoms with Gasteiger partial charge in [-0.3, -0.25) is 4.68 Å². The summed E-state index contributed by atoms with van der Waals surface area (Å²) in [5.74, 6) is 3.76. The van der Waals surface area contributed by atoms with E-state index in [0.717, 1.165) is 41.8 Å². The van der Waals surface area contributed by atoms with Gasteiger partial charge in [-0.05, 0) is 12.5 Å². The molecule has 0 bridgehead atoms. The topological polar surface area (TPSA) is 112 Å². The van der Waals surface area contributed by atoms with Gasteiger partial charge < -0.3 is 9.88 Å². The van der Waals surface area contributed by atoms with Crippen LogP contribution in [0.1, 0.15) is 24.4 Å². The van der Waals surface area contributed by atoms with Crippen molar-refractivity contribution in [2.45, 2.75) is 18.9 Å². The smallest absolute Gasteiger partial charge is 0.149 e. The van der Waals surface area contributed by atoms with Gasteiger partial charge in [0.25, 0.3) is 0 Å². The molecule has 5 rings (SSSR count). The second kappa shape index (κ2) is 7.88. The van der Waals surface area contributed by atoms with Crippen LogP contribution in [0.5, 0.6) is 0 Å². The SMILES string of the molecule is C#CC[C@@H]([C@H]1CCN(c2ncncc2C#N)C1)n1cc(-c2ncnc3[nH]ccc23)cn1. The Labute approximate surface area is 178 Å². The third kappa shape index (κ3) is 3.36. The number of fused-ring (bicyclic) bond motifs is 1. The number of nitrogens with one attached hydrogen (secondary N) is 1. The molecule has 4 aromatic rings. The van der Waals surface area contributed by atoms with E-state index in [1.807, 2.05) is 29.3 Å². The third-order valence-corrected chi connectivity index (χ3v) is 5.78. The van der Waals surface area contributed by atoms with Gasteiger partial charge in [-0.1, -0.05) is 0 Å². The van der Waals surface area contributed by atoms with E-state index in [1.54, 1.807) is 12.5 Å².